The number of ether oxygens (including phenoxy) is 2. The Hall–Kier alpha value is 1.05. The van der Waals surface area contributed by atoms with Crippen molar-refractivity contribution in [1.29, 1.82) is 0 Å². The molecule has 0 aromatic rings. The Bertz CT molecular complexity index is 171. The Morgan fingerprint density at radius 3 is 1.17 bits per heavy atom. The Kier molecular flexibility index (Phi) is 12.5. The highest BCUT2D eigenvalue weighted by molar-refractivity contribution is 8.77. The Morgan fingerprint density at radius 1 is 0.722 bits per heavy atom. The summed E-state index contributed by atoms with van der Waals surface area (Å²) in [6.45, 7) is 9.23. The topological polar surface area (TPSA) is 18.5 Å². The molecule has 110 valence electrons. The summed E-state index contributed by atoms with van der Waals surface area (Å²) in [5.41, 5.74) is 0. The van der Waals surface area contributed by atoms with Gasteiger partial charge in [0.2, 0.25) is 0 Å². The van der Waals surface area contributed by atoms with Gasteiger partial charge in [0, 0.05) is 14.2 Å². The zero-order valence-corrected chi connectivity index (χ0v) is 16.7. The molecule has 6 heteroatoms. The summed E-state index contributed by atoms with van der Waals surface area (Å²) in [7, 11) is 6.10. The summed E-state index contributed by atoms with van der Waals surface area (Å²) in [6, 6.07) is 5.29. The molecule has 0 aliphatic rings. The van der Waals surface area contributed by atoms with E-state index in [0.717, 1.165) is 0 Å². The lowest BCUT2D eigenvalue weighted by molar-refractivity contribution is 0.222. The smallest absolute Gasteiger partial charge is 0.0976 e. The summed E-state index contributed by atoms with van der Waals surface area (Å²) in [4.78, 5) is 0. The van der Waals surface area contributed by atoms with Crippen molar-refractivity contribution in [1.82, 2.24) is 0 Å². The van der Waals surface area contributed by atoms with Gasteiger partial charge in [0.05, 0.1) is 27.7 Å². The van der Waals surface area contributed by atoms with Crippen molar-refractivity contribution in [2.45, 2.75) is 62.0 Å². The SMILES string of the molecule is CC[SiH](CC)C(OC)SSC(OC)[SiH](CC)CC. The zero-order chi connectivity index (χ0) is 14.0. The van der Waals surface area contributed by atoms with Crippen LogP contribution in [0.15, 0.2) is 0 Å². The maximum Gasteiger partial charge on any atom is 0.0976 e. The van der Waals surface area contributed by atoms with Crippen molar-refractivity contribution in [3.05, 3.63) is 0 Å². The first-order valence-corrected chi connectivity index (χ1v) is 13.9. The van der Waals surface area contributed by atoms with Crippen LogP contribution in [0.4, 0.5) is 0 Å². The molecule has 0 aliphatic carbocycles. The van der Waals surface area contributed by atoms with Gasteiger partial charge < -0.3 is 9.47 Å². The van der Waals surface area contributed by atoms with Gasteiger partial charge >= 0.3 is 0 Å². The van der Waals surface area contributed by atoms with E-state index in [1.807, 2.05) is 35.8 Å². The van der Waals surface area contributed by atoms with Gasteiger partial charge in [-0.1, -0.05) is 73.5 Å². The van der Waals surface area contributed by atoms with Crippen LogP contribution in [-0.2, 0) is 9.47 Å². The zero-order valence-electron chi connectivity index (χ0n) is 12.8. The number of methoxy groups -OCH3 is 2. The number of hydrogen-bond donors (Lipinski definition) is 0. The Morgan fingerprint density at radius 2 is 1.00 bits per heavy atom. The molecule has 2 unspecified atom stereocenters. The second kappa shape index (κ2) is 11.8. The first kappa shape index (κ1) is 19.1. The molecular formula is C12H30O2S2Si2. The summed E-state index contributed by atoms with van der Waals surface area (Å²) in [5, 5.41) is 0.872. The van der Waals surface area contributed by atoms with Crippen LogP contribution in [0, 0.1) is 0 Å². The van der Waals surface area contributed by atoms with Crippen LogP contribution in [-0.4, -0.2) is 41.9 Å². The van der Waals surface area contributed by atoms with E-state index < -0.39 is 17.6 Å². The van der Waals surface area contributed by atoms with Crippen molar-refractivity contribution >= 4 is 39.2 Å². The van der Waals surface area contributed by atoms with Crippen molar-refractivity contribution in [3.63, 3.8) is 0 Å². The lowest BCUT2D eigenvalue weighted by Gasteiger charge is -2.26. The maximum absolute atomic E-state index is 5.70. The highest BCUT2D eigenvalue weighted by Gasteiger charge is 2.25. The molecule has 0 radical (unpaired) electrons. The number of hydrogen-bond acceptors (Lipinski definition) is 4. The molecule has 0 aromatic carbocycles. The van der Waals surface area contributed by atoms with E-state index in [1.165, 1.54) is 24.2 Å². The van der Waals surface area contributed by atoms with E-state index in [0.29, 0.717) is 10.1 Å². The first-order chi connectivity index (χ1) is 8.68. The van der Waals surface area contributed by atoms with E-state index in [2.05, 4.69) is 27.7 Å². The Balaban J connectivity index is 4.30. The van der Waals surface area contributed by atoms with Crippen LogP contribution in [0.5, 0.6) is 0 Å². The van der Waals surface area contributed by atoms with Crippen molar-refractivity contribution < 1.29 is 9.47 Å². The highest BCUT2D eigenvalue weighted by Crippen LogP contribution is 2.36. The van der Waals surface area contributed by atoms with Crippen molar-refractivity contribution in [2.24, 2.45) is 0 Å². The fraction of sp³-hybridized carbons (Fsp3) is 1.00. The van der Waals surface area contributed by atoms with E-state index in [-0.39, 0.29) is 0 Å². The third-order valence-corrected chi connectivity index (χ3v) is 16.5. The molecule has 0 amide bonds. The monoisotopic (exact) mass is 326 g/mol. The fourth-order valence-corrected chi connectivity index (χ4v) is 14.6. The van der Waals surface area contributed by atoms with Crippen LogP contribution in [0.3, 0.4) is 0 Å². The molecule has 0 heterocycles. The van der Waals surface area contributed by atoms with Gasteiger partial charge in [-0.15, -0.1) is 0 Å². The van der Waals surface area contributed by atoms with Gasteiger partial charge in [-0.3, -0.25) is 0 Å². The summed E-state index contributed by atoms with van der Waals surface area (Å²) in [5.74, 6) is 0. The quantitative estimate of drug-likeness (QED) is 0.325. The van der Waals surface area contributed by atoms with Gasteiger partial charge in [0.25, 0.3) is 0 Å². The summed E-state index contributed by atoms with van der Waals surface area (Å²) in [6.07, 6.45) is 0. The minimum atomic E-state index is -0.746. The minimum Gasteiger partial charge on any atom is -0.374 e. The van der Waals surface area contributed by atoms with E-state index >= 15 is 0 Å². The van der Waals surface area contributed by atoms with Crippen molar-refractivity contribution in [2.75, 3.05) is 14.2 Å². The molecule has 0 saturated carbocycles. The molecule has 0 rings (SSSR count). The largest absolute Gasteiger partial charge is 0.374 e. The molecule has 0 spiro atoms. The van der Waals surface area contributed by atoms with Crippen molar-refractivity contribution in [3.8, 4) is 0 Å². The summed E-state index contributed by atoms with van der Waals surface area (Å²) >= 11 is 0. The van der Waals surface area contributed by atoms with E-state index in [1.54, 1.807) is 0 Å². The van der Waals surface area contributed by atoms with Gasteiger partial charge in [-0.05, 0) is 0 Å². The average molecular weight is 327 g/mol. The molecule has 0 N–H and O–H groups in total. The maximum atomic E-state index is 5.70. The standard InChI is InChI=1S/C12H30O2S2Si2/c1-7-17(8-2)11(13-5)15-16-12(14-6)18(9-3)10-4/h11-12,17-18H,7-10H2,1-6H3. The predicted octanol–water partition coefficient (Wildman–Crippen LogP) is 3.93. The molecule has 18 heavy (non-hydrogen) atoms. The summed E-state index contributed by atoms with van der Waals surface area (Å²) < 4.78 is 11.4. The van der Waals surface area contributed by atoms with Crippen LogP contribution < -0.4 is 0 Å². The van der Waals surface area contributed by atoms with Crippen LogP contribution >= 0.6 is 21.6 Å². The first-order valence-electron chi connectivity index (χ1n) is 7.05. The Labute approximate surface area is 125 Å². The lowest BCUT2D eigenvalue weighted by atomic mass is 10.9. The van der Waals surface area contributed by atoms with Gasteiger partial charge in [0.1, 0.15) is 0 Å². The normalized spacial score (nSPS) is 15.3. The third kappa shape index (κ3) is 6.47. The molecule has 2 nitrogen and oxygen atoms in total. The fourth-order valence-electron chi connectivity index (χ4n) is 2.08. The van der Waals surface area contributed by atoms with Gasteiger partial charge in [-0.2, -0.15) is 0 Å². The molecule has 0 fully saturated rings. The molecule has 0 saturated heterocycles. The third-order valence-electron chi connectivity index (χ3n) is 3.58. The molecular weight excluding hydrogens is 296 g/mol. The lowest BCUT2D eigenvalue weighted by Crippen LogP contribution is -2.30. The molecule has 0 aromatic heterocycles. The minimum absolute atomic E-state index is 0.436. The molecule has 0 aliphatic heterocycles. The predicted molar refractivity (Wildman–Crippen MR) is 93.0 cm³/mol. The average Bonchev–Trinajstić information content (AvgIpc) is 2.42. The van der Waals surface area contributed by atoms with E-state index in [4.69, 9.17) is 9.47 Å². The van der Waals surface area contributed by atoms with Gasteiger partial charge in [-0.25, -0.2) is 0 Å². The van der Waals surface area contributed by atoms with Crippen LogP contribution in [0.25, 0.3) is 0 Å². The molecule has 2 atom stereocenters. The molecule has 0 bridgehead atoms. The van der Waals surface area contributed by atoms with Crippen LogP contribution in [0.2, 0.25) is 24.2 Å². The highest BCUT2D eigenvalue weighted by atomic mass is 33.1. The van der Waals surface area contributed by atoms with Crippen LogP contribution in [0.1, 0.15) is 27.7 Å². The van der Waals surface area contributed by atoms with E-state index in [9.17, 15) is 0 Å². The second-order valence-corrected chi connectivity index (χ2v) is 15.5. The second-order valence-electron chi connectivity index (χ2n) is 4.55. The number of rotatable bonds is 11. The van der Waals surface area contributed by atoms with Gasteiger partial charge in [0.15, 0.2) is 0 Å².